The Morgan fingerprint density at radius 1 is 1.31 bits per heavy atom. The highest BCUT2D eigenvalue weighted by Gasteiger charge is 2.29. The van der Waals surface area contributed by atoms with Crippen LogP contribution in [0.5, 0.6) is 0 Å². The summed E-state index contributed by atoms with van der Waals surface area (Å²) >= 11 is 12.3. The summed E-state index contributed by atoms with van der Waals surface area (Å²) < 4.78 is 0. The number of aromatic nitrogens is 2. The van der Waals surface area contributed by atoms with Gasteiger partial charge in [0, 0.05) is 31.1 Å². The van der Waals surface area contributed by atoms with Crippen LogP contribution in [0.2, 0.25) is 10.0 Å². The van der Waals surface area contributed by atoms with Gasteiger partial charge < -0.3 is 15.6 Å². The lowest BCUT2D eigenvalue weighted by molar-refractivity contribution is 0.101. The molecule has 138 valence electrons. The number of hydrogen-bond acceptors (Lipinski definition) is 5. The highest BCUT2D eigenvalue weighted by atomic mass is 35.5. The number of piperidine rings is 1. The number of halogens is 2. The molecule has 8 heteroatoms. The van der Waals surface area contributed by atoms with E-state index in [0.717, 1.165) is 12.8 Å². The smallest absolute Gasteiger partial charge is 0.276 e. The fourth-order valence-electron chi connectivity index (χ4n) is 3.03. The van der Waals surface area contributed by atoms with E-state index in [9.17, 15) is 9.59 Å². The molecule has 0 unspecified atom stereocenters. The second kappa shape index (κ2) is 7.02. The van der Waals surface area contributed by atoms with E-state index in [0.29, 0.717) is 29.5 Å². The monoisotopic (exact) mass is 394 g/mol. The van der Waals surface area contributed by atoms with Crippen LogP contribution in [0.25, 0.3) is 11.3 Å². The summed E-state index contributed by atoms with van der Waals surface area (Å²) in [5, 5.41) is 0.545. The largest absolute Gasteiger partial charge is 0.356 e. The van der Waals surface area contributed by atoms with Crippen molar-refractivity contribution in [2.24, 2.45) is 5.73 Å². The summed E-state index contributed by atoms with van der Waals surface area (Å²) in [6.45, 7) is 4.70. The van der Waals surface area contributed by atoms with Crippen LogP contribution in [-0.4, -0.2) is 34.4 Å². The molecule has 1 aliphatic heterocycles. The molecule has 1 fully saturated rings. The number of H-pyrrole nitrogens is 1. The predicted molar refractivity (Wildman–Crippen MR) is 104 cm³/mol. The summed E-state index contributed by atoms with van der Waals surface area (Å²) in [4.78, 5) is 34.0. The van der Waals surface area contributed by atoms with Crippen molar-refractivity contribution in [3.63, 3.8) is 0 Å². The second-order valence-corrected chi connectivity index (χ2v) is 7.70. The zero-order valence-corrected chi connectivity index (χ0v) is 16.1. The van der Waals surface area contributed by atoms with Crippen molar-refractivity contribution >= 4 is 34.8 Å². The molecular weight excluding hydrogens is 375 g/mol. The third-order valence-electron chi connectivity index (χ3n) is 4.66. The van der Waals surface area contributed by atoms with E-state index < -0.39 is 5.56 Å². The molecule has 2 heterocycles. The molecule has 3 rings (SSSR count). The molecular formula is C18H20Cl2N4O2. The van der Waals surface area contributed by atoms with Gasteiger partial charge in [-0.2, -0.15) is 0 Å². The third-order valence-corrected chi connectivity index (χ3v) is 5.48. The SMILES string of the molecule is CC(=O)c1nc(-c2cccc(Cl)c2Cl)c(=O)[nH]c1N1CCC(C)(N)CC1. The predicted octanol–water partition coefficient (Wildman–Crippen LogP) is 3.26. The molecule has 1 aromatic carbocycles. The van der Waals surface area contributed by atoms with Gasteiger partial charge in [0.2, 0.25) is 0 Å². The lowest BCUT2D eigenvalue weighted by Crippen LogP contribution is -2.49. The van der Waals surface area contributed by atoms with Gasteiger partial charge in [-0.1, -0.05) is 35.3 Å². The molecule has 0 bridgehead atoms. The van der Waals surface area contributed by atoms with Gasteiger partial charge in [0.05, 0.1) is 10.0 Å². The van der Waals surface area contributed by atoms with E-state index in [4.69, 9.17) is 28.9 Å². The Hall–Kier alpha value is -1.89. The highest BCUT2D eigenvalue weighted by molar-refractivity contribution is 6.43. The van der Waals surface area contributed by atoms with Gasteiger partial charge in [-0.15, -0.1) is 0 Å². The lowest BCUT2D eigenvalue weighted by Gasteiger charge is -2.38. The molecule has 3 N–H and O–H groups in total. The van der Waals surface area contributed by atoms with E-state index in [2.05, 4.69) is 9.97 Å². The van der Waals surface area contributed by atoms with E-state index in [1.807, 2.05) is 11.8 Å². The topological polar surface area (TPSA) is 92.1 Å². The zero-order chi connectivity index (χ0) is 19.1. The Balaban J connectivity index is 2.09. The van der Waals surface area contributed by atoms with Crippen molar-refractivity contribution in [2.45, 2.75) is 32.2 Å². The first-order valence-corrected chi connectivity index (χ1v) is 9.09. The molecule has 1 saturated heterocycles. The first-order valence-electron chi connectivity index (χ1n) is 8.33. The van der Waals surface area contributed by atoms with Crippen LogP contribution in [0.1, 0.15) is 37.2 Å². The molecule has 0 radical (unpaired) electrons. The maximum atomic E-state index is 12.7. The number of hydrogen-bond donors (Lipinski definition) is 2. The van der Waals surface area contributed by atoms with Gasteiger partial charge in [0.25, 0.3) is 5.56 Å². The Morgan fingerprint density at radius 2 is 1.96 bits per heavy atom. The van der Waals surface area contributed by atoms with Crippen LogP contribution in [0.4, 0.5) is 5.82 Å². The maximum Gasteiger partial charge on any atom is 0.276 e. The minimum Gasteiger partial charge on any atom is -0.356 e. The minimum absolute atomic E-state index is 0.0760. The van der Waals surface area contributed by atoms with Crippen molar-refractivity contribution in [1.29, 1.82) is 0 Å². The number of Topliss-reactive ketones (excluding diaryl/α,β-unsaturated/α-hetero) is 1. The number of carbonyl (C=O) groups excluding carboxylic acids is 1. The third kappa shape index (κ3) is 3.63. The van der Waals surface area contributed by atoms with Crippen molar-refractivity contribution in [3.05, 3.63) is 44.3 Å². The first kappa shape index (κ1) is 18.9. The van der Waals surface area contributed by atoms with E-state index in [1.54, 1.807) is 18.2 Å². The average molecular weight is 395 g/mol. The van der Waals surface area contributed by atoms with Crippen LogP contribution in [-0.2, 0) is 0 Å². The average Bonchev–Trinajstić information content (AvgIpc) is 2.57. The number of carbonyl (C=O) groups is 1. The summed E-state index contributed by atoms with van der Waals surface area (Å²) in [7, 11) is 0. The standard InChI is InChI=1S/C18H20Cl2N4O2/c1-10(25)14-16(24-8-6-18(2,21)7-9-24)23-17(26)15(22-14)11-4-3-5-12(19)13(11)20/h3-5H,6-9,21H2,1-2H3,(H,23,26). The number of nitrogens with two attached hydrogens (primary N) is 1. The number of anilines is 1. The molecule has 1 aliphatic rings. The fraction of sp³-hybridized carbons (Fsp3) is 0.389. The molecule has 0 aliphatic carbocycles. The summed E-state index contributed by atoms with van der Waals surface area (Å²) in [6, 6.07) is 4.95. The Morgan fingerprint density at radius 3 is 2.58 bits per heavy atom. The van der Waals surface area contributed by atoms with Gasteiger partial charge in [0.1, 0.15) is 17.2 Å². The highest BCUT2D eigenvalue weighted by Crippen LogP contribution is 2.32. The van der Waals surface area contributed by atoms with Gasteiger partial charge in [-0.25, -0.2) is 4.98 Å². The summed E-state index contributed by atoms with van der Waals surface area (Å²) in [6.07, 6.45) is 1.52. The number of ketones is 1. The van der Waals surface area contributed by atoms with Gasteiger partial charge in [0.15, 0.2) is 5.78 Å². The molecule has 1 aromatic heterocycles. The van der Waals surface area contributed by atoms with Crippen LogP contribution < -0.4 is 16.2 Å². The Bertz CT molecular complexity index is 914. The number of nitrogens with one attached hydrogen (secondary N) is 1. The fourth-order valence-corrected chi connectivity index (χ4v) is 3.42. The molecule has 0 atom stereocenters. The first-order chi connectivity index (χ1) is 12.2. The molecule has 6 nitrogen and oxygen atoms in total. The zero-order valence-electron chi connectivity index (χ0n) is 14.6. The quantitative estimate of drug-likeness (QED) is 0.779. The molecule has 0 spiro atoms. The van der Waals surface area contributed by atoms with Crippen molar-refractivity contribution in [1.82, 2.24) is 9.97 Å². The van der Waals surface area contributed by atoms with Gasteiger partial charge in [-0.3, -0.25) is 9.59 Å². The van der Waals surface area contributed by atoms with E-state index in [-0.39, 0.29) is 27.7 Å². The van der Waals surface area contributed by atoms with Crippen LogP contribution in [0.15, 0.2) is 23.0 Å². The van der Waals surface area contributed by atoms with Crippen molar-refractivity contribution in [3.8, 4) is 11.3 Å². The summed E-state index contributed by atoms with van der Waals surface area (Å²) in [5.74, 6) is 0.191. The number of nitrogens with zero attached hydrogens (tertiary/aromatic N) is 2. The van der Waals surface area contributed by atoms with E-state index >= 15 is 0 Å². The number of aromatic amines is 1. The van der Waals surface area contributed by atoms with Crippen LogP contribution >= 0.6 is 23.2 Å². The maximum absolute atomic E-state index is 12.7. The van der Waals surface area contributed by atoms with Gasteiger partial charge >= 0.3 is 0 Å². The minimum atomic E-state index is -0.421. The Labute approximate surface area is 161 Å². The van der Waals surface area contributed by atoms with Crippen molar-refractivity contribution in [2.75, 3.05) is 18.0 Å². The molecule has 2 aromatic rings. The number of rotatable bonds is 3. The molecule has 0 saturated carbocycles. The van der Waals surface area contributed by atoms with Crippen molar-refractivity contribution < 1.29 is 4.79 Å². The number of benzene rings is 1. The van der Waals surface area contributed by atoms with Crippen LogP contribution in [0, 0.1) is 0 Å². The van der Waals surface area contributed by atoms with Gasteiger partial charge in [-0.05, 0) is 25.8 Å². The molecule has 26 heavy (non-hydrogen) atoms. The normalized spacial score (nSPS) is 16.6. The van der Waals surface area contributed by atoms with Crippen LogP contribution in [0.3, 0.4) is 0 Å². The summed E-state index contributed by atoms with van der Waals surface area (Å²) in [5.41, 5.74) is 6.18. The Kier molecular flexibility index (Phi) is 5.10. The second-order valence-electron chi connectivity index (χ2n) is 6.91. The lowest BCUT2D eigenvalue weighted by atomic mass is 9.91. The molecule has 0 amide bonds. The van der Waals surface area contributed by atoms with E-state index in [1.165, 1.54) is 6.92 Å².